The van der Waals surface area contributed by atoms with E-state index in [1.807, 2.05) is 50.2 Å². The van der Waals surface area contributed by atoms with E-state index in [-0.39, 0.29) is 11.3 Å². The maximum atomic E-state index is 13.5. The van der Waals surface area contributed by atoms with Crippen molar-refractivity contribution >= 4 is 17.4 Å². The van der Waals surface area contributed by atoms with Crippen LogP contribution in [0.15, 0.2) is 78.4 Å². The number of morpholine rings is 1. The number of amides is 1. The summed E-state index contributed by atoms with van der Waals surface area (Å²) in [6.45, 7) is 8.68. The van der Waals surface area contributed by atoms with Crippen molar-refractivity contribution in [3.05, 3.63) is 95.1 Å². The van der Waals surface area contributed by atoms with Crippen molar-refractivity contribution in [1.82, 2.24) is 9.80 Å². The number of rotatable bonds is 12. The molecule has 2 fully saturated rings. The third-order valence-corrected chi connectivity index (χ3v) is 7.56. The lowest BCUT2D eigenvalue weighted by Crippen LogP contribution is -2.42. The van der Waals surface area contributed by atoms with Crippen LogP contribution in [0.1, 0.15) is 36.6 Å². The quantitative estimate of drug-likeness (QED) is 0.183. The molecule has 9 nitrogen and oxygen atoms in total. The van der Waals surface area contributed by atoms with E-state index in [9.17, 15) is 14.7 Å². The zero-order chi connectivity index (χ0) is 30.2. The van der Waals surface area contributed by atoms with E-state index in [4.69, 9.17) is 18.9 Å². The van der Waals surface area contributed by atoms with Crippen LogP contribution in [-0.2, 0) is 20.9 Å². The minimum absolute atomic E-state index is 0.0385. The topological polar surface area (TPSA) is 97.8 Å². The van der Waals surface area contributed by atoms with Gasteiger partial charge in [-0.1, -0.05) is 36.4 Å². The minimum Gasteiger partial charge on any atom is -0.507 e. The predicted octanol–water partition coefficient (Wildman–Crippen LogP) is 4.82. The number of hydrogen-bond acceptors (Lipinski definition) is 8. The molecule has 0 radical (unpaired) electrons. The highest BCUT2D eigenvalue weighted by Gasteiger charge is 2.46. The first-order valence-corrected chi connectivity index (χ1v) is 14.7. The first-order valence-electron chi connectivity index (χ1n) is 14.7. The molecular weight excluding hydrogens is 548 g/mol. The molecule has 5 rings (SSSR count). The van der Waals surface area contributed by atoms with E-state index < -0.39 is 17.7 Å². The molecule has 2 aliphatic heterocycles. The van der Waals surface area contributed by atoms with Gasteiger partial charge in [-0.25, -0.2) is 0 Å². The molecule has 0 saturated carbocycles. The van der Waals surface area contributed by atoms with Crippen LogP contribution < -0.4 is 14.2 Å². The standard InChI is InChI=1S/C34H38N2O7/c1-3-41-27-13-10-25(11-14-27)32(37)30-31(36(34(39)33(30)38)17-16-35-18-20-40-21-19-35)26-12-15-28(29(22-26)42-4-2)43-23-24-8-6-5-7-9-24/h5-15,22,31,37H,3-4,16-21,23H2,1-2H3/b32-30+. The highest BCUT2D eigenvalue weighted by Crippen LogP contribution is 2.42. The van der Waals surface area contributed by atoms with Crippen LogP contribution in [0.5, 0.6) is 17.2 Å². The van der Waals surface area contributed by atoms with Gasteiger partial charge in [0.1, 0.15) is 18.1 Å². The Balaban J connectivity index is 1.51. The number of carbonyl (C=O) groups is 2. The van der Waals surface area contributed by atoms with Crippen LogP contribution in [0, 0.1) is 0 Å². The van der Waals surface area contributed by atoms with E-state index in [0.717, 1.165) is 18.7 Å². The summed E-state index contributed by atoms with van der Waals surface area (Å²) < 4.78 is 23.1. The molecule has 1 N–H and O–H groups in total. The lowest BCUT2D eigenvalue weighted by molar-refractivity contribution is -0.140. The third kappa shape index (κ3) is 7.01. The molecule has 1 atom stereocenters. The van der Waals surface area contributed by atoms with E-state index in [1.165, 1.54) is 0 Å². The number of ketones is 1. The van der Waals surface area contributed by atoms with Gasteiger partial charge < -0.3 is 29.0 Å². The van der Waals surface area contributed by atoms with Crippen molar-refractivity contribution in [1.29, 1.82) is 0 Å². The molecule has 2 heterocycles. The second-order valence-corrected chi connectivity index (χ2v) is 10.3. The third-order valence-electron chi connectivity index (χ3n) is 7.56. The van der Waals surface area contributed by atoms with Crippen molar-refractivity contribution in [3.8, 4) is 17.2 Å². The Hall–Kier alpha value is -4.34. The van der Waals surface area contributed by atoms with Gasteiger partial charge >= 0.3 is 0 Å². The average molecular weight is 587 g/mol. The van der Waals surface area contributed by atoms with E-state index in [1.54, 1.807) is 41.3 Å². The maximum absolute atomic E-state index is 13.5. The van der Waals surface area contributed by atoms with Crippen LogP contribution in [-0.4, -0.2) is 79.2 Å². The summed E-state index contributed by atoms with van der Waals surface area (Å²) in [6.07, 6.45) is 0. The summed E-state index contributed by atoms with van der Waals surface area (Å²) in [7, 11) is 0. The zero-order valence-electron chi connectivity index (χ0n) is 24.7. The fourth-order valence-electron chi connectivity index (χ4n) is 5.38. The minimum atomic E-state index is -0.810. The van der Waals surface area contributed by atoms with Gasteiger partial charge in [0.2, 0.25) is 0 Å². The Morgan fingerprint density at radius 3 is 2.28 bits per heavy atom. The molecular formula is C34H38N2O7. The Kier molecular flexibility index (Phi) is 9.96. The highest BCUT2D eigenvalue weighted by molar-refractivity contribution is 6.46. The lowest BCUT2D eigenvalue weighted by Gasteiger charge is -2.31. The first-order chi connectivity index (χ1) is 21.0. The largest absolute Gasteiger partial charge is 0.507 e. The van der Waals surface area contributed by atoms with Gasteiger partial charge in [0.25, 0.3) is 11.7 Å². The molecule has 3 aromatic rings. The van der Waals surface area contributed by atoms with Crippen LogP contribution in [0.4, 0.5) is 0 Å². The number of likely N-dealkylation sites (tertiary alicyclic amines) is 1. The van der Waals surface area contributed by atoms with Gasteiger partial charge in [-0.15, -0.1) is 0 Å². The fourth-order valence-corrected chi connectivity index (χ4v) is 5.38. The van der Waals surface area contributed by atoms with Crippen molar-refractivity contribution in [2.24, 2.45) is 0 Å². The van der Waals surface area contributed by atoms with Gasteiger partial charge in [0.15, 0.2) is 11.5 Å². The second kappa shape index (κ2) is 14.2. The monoisotopic (exact) mass is 586 g/mol. The van der Waals surface area contributed by atoms with Crippen LogP contribution >= 0.6 is 0 Å². The van der Waals surface area contributed by atoms with Crippen molar-refractivity contribution in [3.63, 3.8) is 0 Å². The molecule has 3 aromatic carbocycles. The van der Waals surface area contributed by atoms with Gasteiger partial charge in [0, 0.05) is 31.7 Å². The molecule has 2 saturated heterocycles. The average Bonchev–Trinajstić information content (AvgIpc) is 3.29. The Bertz CT molecular complexity index is 1430. The normalized spacial score (nSPS) is 18.6. The van der Waals surface area contributed by atoms with Gasteiger partial charge in [0.05, 0.1) is 38.0 Å². The fraction of sp³-hybridized carbons (Fsp3) is 0.353. The zero-order valence-corrected chi connectivity index (χ0v) is 24.7. The summed E-state index contributed by atoms with van der Waals surface area (Å²) in [6, 6.07) is 21.3. The molecule has 226 valence electrons. The van der Waals surface area contributed by atoms with E-state index in [0.29, 0.717) is 74.5 Å². The number of aliphatic hydroxyl groups is 1. The van der Waals surface area contributed by atoms with Crippen LogP contribution in [0.2, 0.25) is 0 Å². The molecule has 2 aliphatic rings. The number of hydrogen-bond donors (Lipinski definition) is 1. The Morgan fingerprint density at radius 2 is 1.58 bits per heavy atom. The number of benzene rings is 3. The molecule has 0 bridgehead atoms. The molecule has 9 heteroatoms. The van der Waals surface area contributed by atoms with Crippen LogP contribution in [0.3, 0.4) is 0 Å². The van der Waals surface area contributed by atoms with Crippen molar-refractivity contribution in [2.75, 3.05) is 52.6 Å². The SMILES string of the molecule is CCOc1ccc(/C(O)=C2\C(=O)C(=O)N(CCN3CCOCC3)C2c2ccc(OCc3ccccc3)c(OCC)c2)cc1. The van der Waals surface area contributed by atoms with Crippen molar-refractivity contribution in [2.45, 2.75) is 26.5 Å². The Morgan fingerprint density at radius 1 is 0.860 bits per heavy atom. The summed E-state index contributed by atoms with van der Waals surface area (Å²) in [5.41, 5.74) is 2.12. The molecule has 1 unspecified atom stereocenters. The van der Waals surface area contributed by atoms with Gasteiger partial charge in [-0.2, -0.15) is 0 Å². The second-order valence-electron chi connectivity index (χ2n) is 10.3. The number of carbonyl (C=O) groups excluding carboxylic acids is 2. The van der Waals surface area contributed by atoms with Crippen LogP contribution in [0.25, 0.3) is 5.76 Å². The summed E-state index contributed by atoms with van der Waals surface area (Å²) in [4.78, 5) is 30.8. The maximum Gasteiger partial charge on any atom is 0.295 e. The van der Waals surface area contributed by atoms with Gasteiger partial charge in [-0.05, 0) is 61.4 Å². The summed E-state index contributed by atoms with van der Waals surface area (Å²) in [5.74, 6) is 0.0903. The number of ether oxygens (including phenoxy) is 4. The molecule has 1 amide bonds. The lowest BCUT2D eigenvalue weighted by atomic mass is 9.95. The number of aliphatic hydroxyl groups excluding tert-OH is 1. The van der Waals surface area contributed by atoms with E-state index >= 15 is 0 Å². The Labute approximate surface area is 252 Å². The predicted molar refractivity (Wildman–Crippen MR) is 162 cm³/mol. The summed E-state index contributed by atoms with van der Waals surface area (Å²) >= 11 is 0. The number of nitrogens with zero attached hydrogens (tertiary/aromatic N) is 2. The van der Waals surface area contributed by atoms with Gasteiger partial charge in [-0.3, -0.25) is 14.5 Å². The van der Waals surface area contributed by atoms with E-state index in [2.05, 4.69) is 4.90 Å². The molecule has 0 aromatic heterocycles. The molecule has 0 aliphatic carbocycles. The first kappa shape index (κ1) is 30.1. The molecule has 0 spiro atoms. The van der Waals surface area contributed by atoms with Crippen molar-refractivity contribution < 1.29 is 33.6 Å². The molecule has 43 heavy (non-hydrogen) atoms. The highest BCUT2D eigenvalue weighted by atomic mass is 16.5. The smallest absolute Gasteiger partial charge is 0.295 e. The summed E-state index contributed by atoms with van der Waals surface area (Å²) in [5, 5.41) is 11.5. The number of Topliss-reactive ketones (excluding diaryl/α,β-unsaturated/α-hetero) is 1.